The summed E-state index contributed by atoms with van der Waals surface area (Å²) in [7, 11) is -2.38. The average molecular weight is 329 g/mol. The maximum Gasteiger partial charge on any atom is 0.334 e. The largest absolute Gasteiger partial charge is 0.479 e. The van der Waals surface area contributed by atoms with E-state index >= 15 is 0 Å². The number of carbonyl (C=O) groups excluding carboxylic acids is 1. The van der Waals surface area contributed by atoms with Crippen LogP contribution in [0.2, 0.25) is 0 Å². The lowest BCUT2D eigenvalue weighted by Crippen LogP contribution is -2.44. The Morgan fingerprint density at radius 2 is 2.27 bits per heavy atom. The van der Waals surface area contributed by atoms with Crippen LogP contribution in [-0.4, -0.2) is 68.2 Å². The number of aliphatic carboxylic acids is 1. The van der Waals surface area contributed by atoms with Gasteiger partial charge in [0.1, 0.15) is 0 Å². The first-order valence-electron chi connectivity index (χ1n) is 6.36. The number of nitrogens with one attached hydrogen (secondary N) is 1. The molecule has 0 fully saturated rings. The molecule has 0 aromatic rings. The van der Waals surface area contributed by atoms with Crippen LogP contribution in [0.25, 0.3) is 0 Å². The first-order chi connectivity index (χ1) is 10.3. The van der Waals surface area contributed by atoms with E-state index in [4.69, 9.17) is 9.84 Å². The van der Waals surface area contributed by atoms with Crippen molar-refractivity contribution in [3.05, 3.63) is 23.9 Å². The quantitative estimate of drug-likeness (QED) is 0.642. The fourth-order valence-electron chi connectivity index (χ4n) is 1.95. The lowest BCUT2D eigenvalue weighted by molar-refractivity contribution is -0.148. The van der Waals surface area contributed by atoms with Gasteiger partial charge < -0.3 is 20.1 Å². The van der Waals surface area contributed by atoms with Crippen molar-refractivity contribution in [2.75, 3.05) is 26.0 Å². The Morgan fingerprint density at radius 1 is 1.55 bits per heavy atom. The van der Waals surface area contributed by atoms with Crippen molar-refractivity contribution in [3.8, 4) is 0 Å². The van der Waals surface area contributed by atoms with Crippen molar-refractivity contribution < 1.29 is 27.9 Å². The molecule has 2 rings (SSSR count). The molecule has 120 valence electrons. The molecule has 0 aromatic heterocycles. The van der Waals surface area contributed by atoms with Crippen molar-refractivity contribution in [2.45, 2.75) is 6.10 Å². The van der Waals surface area contributed by atoms with Gasteiger partial charge in [-0.05, 0) is 12.2 Å². The highest BCUT2D eigenvalue weighted by molar-refractivity contribution is 7.90. The second kappa shape index (κ2) is 6.28. The SMILES string of the molecule is COC(CNC(=O)C1=CC=CN2CCS(=O)(=O)N=C12)C(=O)O. The molecule has 2 aliphatic rings. The minimum absolute atomic E-state index is 0.0375. The Hall–Kier alpha value is -2.20. The number of hydrogen-bond acceptors (Lipinski definition) is 6. The number of amidine groups is 1. The second-order valence-electron chi connectivity index (χ2n) is 4.59. The van der Waals surface area contributed by atoms with Gasteiger partial charge in [-0.15, -0.1) is 4.40 Å². The van der Waals surface area contributed by atoms with Crippen molar-refractivity contribution in [1.82, 2.24) is 10.2 Å². The number of fused-ring (bicyclic) bond motifs is 1. The van der Waals surface area contributed by atoms with Gasteiger partial charge in [0, 0.05) is 19.9 Å². The highest BCUT2D eigenvalue weighted by Gasteiger charge is 2.30. The lowest BCUT2D eigenvalue weighted by Gasteiger charge is -2.28. The summed E-state index contributed by atoms with van der Waals surface area (Å²) in [5.41, 5.74) is 0.0611. The van der Waals surface area contributed by atoms with Gasteiger partial charge in [-0.1, -0.05) is 0 Å². The summed E-state index contributed by atoms with van der Waals surface area (Å²) in [4.78, 5) is 24.5. The van der Waals surface area contributed by atoms with E-state index < -0.39 is 28.0 Å². The number of sulfonamides is 1. The van der Waals surface area contributed by atoms with Gasteiger partial charge in [0.2, 0.25) is 0 Å². The van der Waals surface area contributed by atoms with E-state index in [1.807, 2.05) is 0 Å². The fourth-order valence-corrected chi connectivity index (χ4v) is 2.93. The zero-order chi connectivity index (χ0) is 16.3. The van der Waals surface area contributed by atoms with E-state index in [0.717, 1.165) is 0 Å². The summed E-state index contributed by atoms with van der Waals surface area (Å²) in [6.07, 6.45) is 3.46. The van der Waals surface area contributed by atoms with Crippen LogP contribution in [0.15, 0.2) is 28.3 Å². The molecule has 2 N–H and O–H groups in total. The maximum absolute atomic E-state index is 12.1. The highest BCUT2D eigenvalue weighted by Crippen LogP contribution is 2.17. The number of carboxylic acids is 1. The number of ether oxygens (including phenoxy) is 1. The van der Waals surface area contributed by atoms with Gasteiger partial charge >= 0.3 is 5.97 Å². The predicted octanol–water partition coefficient (Wildman–Crippen LogP) is -1.30. The molecule has 1 unspecified atom stereocenters. The smallest absolute Gasteiger partial charge is 0.334 e. The number of nitrogens with zero attached hydrogens (tertiary/aromatic N) is 2. The summed E-state index contributed by atoms with van der Waals surface area (Å²) < 4.78 is 31.5. The Labute approximate surface area is 127 Å². The molecule has 1 atom stereocenters. The molecule has 1 amide bonds. The number of hydrogen-bond donors (Lipinski definition) is 2. The summed E-state index contributed by atoms with van der Waals surface area (Å²) in [5.74, 6) is -1.91. The molecule has 0 radical (unpaired) electrons. The fraction of sp³-hybridized carbons (Fsp3) is 0.417. The average Bonchev–Trinajstić information content (AvgIpc) is 2.45. The Bertz CT molecular complexity index is 679. The van der Waals surface area contributed by atoms with Crippen LogP contribution in [0.3, 0.4) is 0 Å². The van der Waals surface area contributed by atoms with Gasteiger partial charge in [0.05, 0.1) is 17.9 Å². The molecule has 10 heteroatoms. The summed E-state index contributed by atoms with van der Waals surface area (Å²) in [5, 5.41) is 11.2. The minimum Gasteiger partial charge on any atom is -0.479 e. The van der Waals surface area contributed by atoms with Crippen LogP contribution in [0.1, 0.15) is 0 Å². The van der Waals surface area contributed by atoms with Crippen molar-refractivity contribution >= 4 is 27.7 Å². The van der Waals surface area contributed by atoms with E-state index in [2.05, 4.69) is 9.71 Å². The van der Waals surface area contributed by atoms with Gasteiger partial charge in [-0.25, -0.2) is 13.2 Å². The molecule has 9 nitrogen and oxygen atoms in total. The van der Waals surface area contributed by atoms with E-state index in [0.29, 0.717) is 0 Å². The summed E-state index contributed by atoms with van der Waals surface area (Å²) in [6.45, 7) is -0.0378. The molecule has 0 saturated carbocycles. The molecule has 22 heavy (non-hydrogen) atoms. The van der Waals surface area contributed by atoms with Gasteiger partial charge in [-0.2, -0.15) is 0 Å². The molecule has 0 spiro atoms. The molecule has 0 aliphatic carbocycles. The van der Waals surface area contributed by atoms with Crippen molar-refractivity contribution in [1.29, 1.82) is 0 Å². The first kappa shape index (κ1) is 16.2. The summed E-state index contributed by atoms with van der Waals surface area (Å²) in [6, 6.07) is 0. The van der Waals surface area contributed by atoms with Crippen LogP contribution >= 0.6 is 0 Å². The van der Waals surface area contributed by atoms with E-state index in [1.165, 1.54) is 13.2 Å². The third kappa shape index (κ3) is 3.52. The molecule has 2 aliphatic heterocycles. The molecule has 0 aromatic carbocycles. The van der Waals surface area contributed by atoms with Crippen LogP contribution < -0.4 is 5.32 Å². The van der Waals surface area contributed by atoms with Gasteiger partial charge in [0.15, 0.2) is 11.9 Å². The second-order valence-corrected chi connectivity index (χ2v) is 6.34. The topological polar surface area (TPSA) is 125 Å². The monoisotopic (exact) mass is 329 g/mol. The lowest BCUT2D eigenvalue weighted by atomic mass is 10.1. The molecular weight excluding hydrogens is 314 g/mol. The van der Waals surface area contributed by atoms with E-state index in [9.17, 15) is 18.0 Å². The zero-order valence-corrected chi connectivity index (χ0v) is 12.5. The predicted molar refractivity (Wildman–Crippen MR) is 76.6 cm³/mol. The summed E-state index contributed by atoms with van der Waals surface area (Å²) >= 11 is 0. The minimum atomic E-state index is -3.60. The van der Waals surface area contributed by atoms with Crippen molar-refractivity contribution in [3.63, 3.8) is 0 Å². The standard InChI is InChI=1S/C12H15N3O6S/c1-21-9(12(17)18)7-13-11(16)8-3-2-4-15-5-6-22(19,20)14-10(8)15/h2-4,9H,5-7H2,1H3,(H,13,16)(H,17,18). The highest BCUT2D eigenvalue weighted by atomic mass is 32.2. The molecule has 2 heterocycles. The molecule has 0 bridgehead atoms. The Kier molecular flexibility index (Phi) is 4.62. The number of carboxylic acid groups (broad SMARTS) is 1. The number of amides is 1. The van der Waals surface area contributed by atoms with E-state index in [-0.39, 0.29) is 30.3 Å². The number of carbonyl (C=O) groups is 2. The normalized spacial score (nSPS) is 20.5. The maximum atomic E-state index is 12.1. The number of rotatable bonds is 5. The molecular formula is C12H15N3O6S. The Balaban J connectivity index is 2.15. The molecule has 0 saturated heterocycles. The van der Waals surface area contributed by atoms with Crippen LogP contribution in [0.5, 0.6) is 0 Å². The third-order valence-corrected chi connectivity index (χ3v) is 4.26. The van der Waals surface area contributed by atoms with Gasteiger partial charge in [-0.3, -0.25) is 4.79 Å². The van der Waals surface area contributed by atoms with Gasteiger partial charge in [0.25, 0.3) is 15.9 Å². The van der Waals surface area contributed by atoms with Crippen molar-refractivity contribution in [2.24, 2.45) is 4.40 Å². The Morgan fingerprint density at radius 3 is 2.91 bits per heavy atom. The number of methoxy groups -OCH3 is 1. The van der Waals surface area contributed by atoms with Crippen LogP contribution in [0.4, 0.5) is 0 Å². The zero-order valence-electron chi connectivity index (χ0n) is 11.7. The van der Waals surface area contributed by atoms with E-state index in [1.54, 1.807) is 17.2 Å². The first-order valence-corrected chi connectivity index (χ1v) is 7.97. The third-order valence-electron chi connectivity index (χ3n) is 3.11. The van der Waals surface area contributed by atoms with Crippen LogP contribution in [-0.2, 0) is 24.3 Å². The number of allylic oxidation sites excluding steroid dienone is 2. The van der Waals surface area contributed by atoms with Crippen LogP contribution in [0, 0.1) is 0 Å².